The number of halogens is 1. The van der Waals surface area contributed by atoms with E-state index in [-0.39, 0.29) is 17.3 Å². The summed E-state index contributed by atoms with van der Waals surface area (Å²) in [6.07, 6.45) is 8.39. The average Bonchev–Trinajstić information content (AvgIpc) is 3.49. The van der Waals surface area contributed by atoms with Crippen LogP contribution in [0.2, 0.25) is 0 Å². The Morgan fingerprint density at radius 1 is 1.18 bits per heavy atom. The molecule has 1 aromatic heterocycles. The van der Waals surface area contributed by atoms with Crippen LogP contribution in [0.3, 0.4) is 0 Å². The van der Waals surface area contributed by atoms with Crippen LogP contribution in [0.15, 0.2) is 71.5 Å². The highest BCUT2D eigenvalue weighted by Gasteiger charge is 2.38. The fourth-order valence-corrected chi connectivity index (χ4v) is 6.88. The number of nitrogens with one attached hydrogen (secondary N) is 2. The smallest absolute Gasteiger partial charge is 0.241 e. The monoisotopic (exact) mass is 481 g/mol. The maximum absolute atomic E-state index is 15.4. The number of aromatic nitrogens is 1. The zero-order valence-electron chi connectivity index (χ0n) is 18.7. The van der Waals surface area contributed by atoms with E-state index in [1.54, 1.807) is 30.5 Å². The Balaban J connectivity index is 1.46. The summed E-state index contributed by atoms with van der Waals surface area (Å²) in [5.41, 5.74) is 8.45. The number of nitrogen functional groups attached to an aromatic ring is 1. The highest BCUT2D eigenvalue weighted by Crippen LogP contribution is 2.40. The van der Waals surface area contributed by atoms with E-state index in [0.717, 1.165) is 29.3 Å². The number of anilines is 1. The van der Waals surface area contributed by atoms with E-state index in [2.05, 4.69) is 9.71 Å². The minimum Gasteiger partial charge on any atom is -0.397 e. The van der Waals surface area contributed by atoms with Gasteiger partial charge in [0.15, 0.2) is 0 Å². The van der Waals surface area contributed by atoms with Gasteiger partial charge in [-0.3, -0.25) is 0 Å². The summed E-state index contributed by atoms with van der Waals surface area (Å²) in [5, 5.41) is 10.8. The van der Waals surface area contributed by atoms with Crippen molar-refractivity contribution >= 4 is 32.2 Å². The van der Waals surface area contributed by atoms with Gasteiger partial charge in [-0.1, -0.05) is 37.1 Å². The summed E-state index contributed by atoms with van der Waals surface area (Å²) in [6, 6.07) is 12.2. The predicted molar refractivity (Wildman–Crippen MR) is 132 cm³/mol. The van der Waals surface area contributed by atoms with E-state index >= 15 is 4.39 Å². The first-order chi connectivity index (χ1) is 16.3. The minimum absolute atomic E-state index is 0.0847. The molecule has 1 fully saturated rings. The molecule has 0 bridgehead atoms. The highest BCUT2D eigenvalue weighted by atomic mass is 32.2. The third-order valence-electron chi connectivity index (χ3n) is 7.02. The van der Waals surface area contributed by atoms with Crippen LogP contribution in [0.5, 0.6) is 0 Å². The average molecular weight is 482 g/mol. The molecule has 178 valence electrons. The molecule has 1 heterocycles. The molecule has 0 saturated heterocycles. The lowest BCUT2D eigenvalue weighted by Crippen LogP contribution is -2.49. The zero-order chi connectivity index (χ0) is 23.9. The van der Waals surface area contributed by atoms with Crippen molar-refractivity contribution in [2.45, 2.75) is 48.5 Å². The first-order valence-corrected chi connectivity index (χ1v) is 13.0. The van der Waals surface area contributed by atoms with Crippen molar-refractivity contribution in [2.24, 2.45) is 0 Å². The molecule has 5 rings (SSSR count). The summed E-state index contributed by atoms with van der Waals surface area (Å²) >= 11 is 0. The quantitative estimate of drug-likeness (QED) is 0.381. The minimum atomic E-state index is -3.92. The van der Waals surface area contributed by atoms with Crippen molar-refractivity contribution < 1.29 is 17.9 Å². The van der Waals surface area contributed by atoms with Crippen molar-refractivity contribution in [2.75, 3.05) is 12.3 Å². The maximum atomic E-state index is 15.4. The molecule has 2 aliphatic rings. The van der Waals surface area contributed by atoms with Gasteiger partial charge >= 0.3 is 0 Å². The van der Waals surface area contributed by atoms with Gasteiger partial charge in [-0.25, -0.2) is 17.5 Å². The van der Waals surface area contributed by atoms with Crippen LogP contribution in [-0.4, -0.2) is 30.7 Å². The number of hydrogen-bond acceptors (Lipinski definition) is 4. The second-order valence-corrected chi connectivity index (χ2v) is 10.9. The van der Waals surface area contributed by atoms with Gasteiger partial charge in [0, 0.05) is 23.1 Å². The summed E-state index contributed by atoms with van der Waals surface area (Å²) in [6.45, 7) is -0.248. The number of allylic oxidation sites excluding steroid dienone is 4. The molecule has 2 aromatic carbocycles. The molecule has 3 aromatic rings. The molecule has 2 aliphatic carbocycles. The van der Waals surface area contributed by atoms with Gasteiger partial charge in [0.05, 0.1) is 28.2 Å². The fourth-order valence-electron chi connectivity index (χ4n) is 5.20. The summed E-state index contributed by atoms with van der Waals surface area (Å²) in [4.78, 5) is 3.17. The molecule has 0 spiro atoms. The molecule has 0 radical (unpaired) electrons. The van der Waals surface area contributed by atoms with E-state index in [1.165, 1.54) is 12.1 Å². The normalized spacial score (nSPS) is 20.4. The van der Waals surface area contributed by atoms with Crippen LogP contribution in [-0.2, 0) is 10.0 Å². The number of rotatable bonds is 6. The molecule has 0 aliphatic heterocycles. The van der Waals surface area contributed by atoms with E-state index in [4.69, 9.17) is 5.73 Å². The maximum Gasteiger partial charge on any atom is 0.241 e. The van der Waals surface area contributed by atoms with Gasteiger partial charge in [-0.15, -0.1) is 0 Å². The van der Waals surface area contributed by atoms with Gasteiger partial charge < -0.3 is 15.8 Å². The Morgan fingerprint density at radius 2 is 1.94 bits per heavy atom. The molecule has 1 atom stereocenters. The first-order valence-electron chi connectivity index (χ1n) is 11.5. The van der Waals surface area contributed by atoms with Gasteiger partial charge in [-0.05, 0) is 60.7 Å². The lowest BCUT2D eigenvalue weighted by molar-refractivity contribution is 0.185. The van der Waals surface area contributed by atoms with Gasteiger partial charge in [0.2, 0.25) is 10.0 Å². The van der Waals surface area contributed by atoms with E-state index in [9.17, 15) is 13.5 Å². The molecule has 8 heteroatoms. The summed E-state index contributed by atoms with van der Waals surface area (Å²) < 4.78 is 44.8. The molecule has 6 nitrogen and oxygen atoms in total. The molecule has 1 saturated carbocycles. The number of aliphatic hydroxyl groups is 1. The number of hydrogen-bond donors (Lipinski definition) is 4. The molecule has 0 amide bonds. The van der Waals surface area contributed by atoms with E-state index in [0.29, 0.717) is 36.1 Å². The Morgan fingerprint density at radius 3 is 2.68 bits per heavy atom. The predicted octanol–water partition coefficient (Wildman–Crippen LogP) is 4.76. The van der Waals surface area contributed by atoms with Crippen molar-refractivity contribution in [3.8, 4) is 0 Å². The Hall–Kier alpha value is -2.94. The van der Waals surface area contributed by atoms with Gasteiger partial charge in [-0.2, -0.15) is 0 Å². The zero-order valence-corrected chi connectivity index (χ0v) is 19.5. The van der Waals surface area contributed by atoms with Crippen LogP contribution >= 0.6 is 0 Å². The third-order valence-corrected chi connectivity index (χ3v) is 8.65. The first kappa shape index (κ1) is 22.8. The number of aliphatic hydroxyl groups excluding tert-OH is 1. The third kappa shape index (κ3) is 4.06. The molecule has 34 heavy (non-hydrogen) atoms. The number of fused-ring (bicyclic) bond motifs is 1. The lowest BCUT2D eigenvalue weighted by Gasteiger charge is -2.28. The standard InChI is InChI=1S/C26H28FN3O3S/c27-22-14-17(7-8-20(22)19-13-18-9-12-29-25(18)23(28)15-19)21-5-1-2-6-24(21)34(32,33)30-26(16-31)10-3-4-11-26/h1-2,5-7,9,12-15,20,29-31H,3-4,8,10-11,16,28H2. The largest absolute Gasteiger partial charge is 0.397 e. The van der Waals surface area contributed by atoms with Crippen LogP contribution in [0.4, 0.5) is 10.1 Å². The molecule has 5 N–H and O–H groups in total. The Kier molecular flexibility index (Phi) is 5.83. The second kappa shape index (κ2) is 8.69. The SMILES string of the molecule is Nc1cc(C2CC=C(c3ccccc3S(=O)(=O)NC3(CO)CCCC3)C=C2F)cc2cc[nH]c12. The summed E-state index contributed by atoms with van der Waals surface area (Å²) in [7, 11) is -3.92. The molecular weight excluding hydrogens is 453 g/mol. The van der Waals surface area contributed by atoms with Crippen LogP contribution in [0.25, 0.3) is 16.5 Å². The van der Waals surface area contributed by atoms with E-state index < -0.39 is 21.5 Å². The number of benzene rings is 2. The number of sulfonamides is 1. The van der Waals surface area contributed by atoms with Crippen molar-refractivity contribution in [1.82, 2.24) is 9.71 Å². The summed E-state index contributed by atoms with van der Waals surface area (Å²) in [5.74, 6) is -0.821. The van der Waals surface area contributed by atoms with Crippen molar-refractivity contribution in [1.29, 1.82) is 0 Å². The number of nitrogens with two attached hydrogens (primary N) is 1. The highest BCUT2D eigenvalue weighted by molar-refractivity contribution is 7.89. The molecule has 1 unspecified atom stereocenters. The van der Waals surface area contributed by atoms with Gasteiger partial charge in [0.1, 0.15) is 5.83 Å². The van der Waals surface area contributed by atoms with Crippen LogP contribution in [0, 0.1) is 0 Å². The fraction of sp³-hybridized carbons (Fsp3) is 0.308. The van der Waals surface area contributed by atoms with Crippen LogP contribution in [0.1, 0.15) is 49.1 Å². The lowest BCUT2D eigenvalue weighted by atomic mass is 9.86. The Bertz CT molecular complexity index is 1400. The van der Waals surface area contributed by atoms with Gasteiger partial charge in [0.25, 0.3) is 0 Å². The Labute approximate surface area is 198 Å². The second-order valence-electron chi connectivity index (χ2n) is 9.28. The van der Waals surface area contributed by atoms with Crippen LogP contribution < -0.4 is 10.5 Å². The molecular formula is C26H28FN3O3S. The number of aromatic amines is 1. The number of H-pyrrole nitrogens is 1. The van der Waals surface area contributed by atoms with Crippen molar-refractivity contribution in [3.05, 3.63) is 77.8 Å². The topological polar surface area (TPSA) is 108 Å². The van der Waals surface area contributed by atoms with E-state index in [1.807, 2.05) is 18.2 Å². The van der Waals surface area contributed by atoms with Crippen molar-refractivity contribution in [3.63, 3.8) is 0 Å².